The van der Waals surface area contributed by atoms with Gasteiger partial charge in [-0.25, -0.2) is 4.98 Å². The molecule has 7 heteroatoms. The molecule has 0 aliphatic heterocycles. The Labute approximate surface area is 130 Å². The van der Waals surface area contributed by atoms with Crippen LogP contribution in [0.25, 0.3) is 6.08 Å². The third-order valence-corrected chi connectivity index (χ3v) is 4.00. The van der Waals surface area contributed by atoms with Crippen LogP contribution >= 0.6 is 22.7 Å². The normalized spacial score (nSPS) is 10.7. The summed E-state index contributed by atoms with van der Waals surface area (Å²) in [4.78, 5) is 28.2. The second kappa shape index (κ2) is 7.70. The largest absolute Gasteiger partial charge is 0.466 e. The number of rotatable bonds is 6. The molecular weight excluding hydrogens is 308 g/mol. The number of aromatic nitrogens is 1. The number of amides is 1. The molecule has 0 unspecified atom stereocenters. The fourth-order valence-corrected chi connectivity index (χ4v) is 2.83. The van der Waals surface area contributed by atoms with Crippen LogP contribution in [0, 0.1) is 0 Å². The molecule has 0 aliphatic carbocycles. The van der Waals surface area contributed by atoms with E-state index >= 15 is 0 Å². The standard InChI is InChI=1S/C14H14N2O3S2/c1-2-19-13(18)8-10-9-21-14(15-10)16-12(17)6-5-11-4-3-7-20-11/h3-7,9H,2,8H2,1H3,(H,15,16,17)/b6-5+. The molecule has 0 fully saturated rings. The molecular formula is C14H14N2O3S2. The lowest BCUT2D eigenvalue weighted by Gasteiger charge is -1.98. The zero-order valence-electron chi connectivity index (χ0n) is 11.4. The second-order valence-corrected chi connectivity index (χ2v) is 5.80. The molecule has 110 valence electrons. The van der Waals surface area contributed by atoms with Gasteiger partial charge in [0.25, 0.3) is 0 Å². The quantitative estimate of drug-likeness (QED) is 0.656. The van der Waals surface area contributed by atoms with Gasteiger partial charge in [0, 0.05) is 16.3 Å². The Kier molecular flexibility index (Phi) is 5.65. The third kappa shape index (κ3) is 5.13. The number of anilines is 1. The highest BCUT2D eigenvalue weighted by molar-refractivity contribution is 7.14. The summed E-state index contributed by atoms with van der Waals surface area (Å²) in [6, 6.07) is 3.85. The van der Waals surface area contributed by atoms with Crippen LogP contribution in [0.2, 0.25) is 0 Å². The third-order valence-electron chi connectivity index (χ3n) is 2.35. The maximum Gasteiger partial charge on any atom is 0.311 e. The molecule has 2 heterocycles. The van der Waals surface area contributed by atoms with E-state index in [0.29, 0.717) is 17.4 Å². The van der Waals surface area contributed by atoms with E-state index in [2.05, 4.69) is 10.3 Å². The van der Waals surface area contributed by atoms with Gasteiger partial charge in [-0.1, -0.05) is 6.07 Å². The summed E-state index contributed by atoms with van der Waals surface area (Å²) >= 11 is 2.83. The average Bonchev–Trinajstić information content (AvgIpc) is 3.08. The summed E-state index contributed by atoms with van der Waals surface area (Å²) in [7, 11) is 0. The first kappa shape index (κ1) is 15.4. The molecule has 0 aromatic carbocycles. The highest BCUT2D eigenvalue weighted by atomic mass is 32.1. The van der Waals surface area contributed by atoms with Crippen LogP contribution in [0.3, 0.4) is 0 Å². The first-order valence-electron chi connectivity index (χ1n) is 6.30. The first-order chi connectivity index (χ1) is 10.2. The van der Waals surface area contributed by atoms with Crippen molar-refractivity contribution in [1.29, 1.82) is 0 Å². The smallest absolute Gasteiger partial charge is 0.311 e. The first-order valence-corrected chi connectivity index (χ1v) is 8.06. The SMILES string of the molecule is CCOC(=O)Cc1csc(NC(=O)/C=C/c2cccs2)n1. The van der Waals surface area contributed by atoms with E-state index < -0.39 is 0 Å². The van der Waals surface area contributed by atoms with E-state index in [0.717, 1.165) is 4.88 Å². The summed E-state index contributed by atoms with van der Waals surface area (Å²) in [5.41, 5.74) is 0.594. The van der Waals surface area contributed by atoms with Crippen molar-refractivity contribution in [2.75, 3.05) is 11.9 Å². The zero-order chi connectivity index (χ0) is 15.1. The van der Waals surface area contributed by atoms with Gasteiger partial charge in [-0.2, -0.15) is 0 Å². The number of hydrogen-bond acceptors (Lipinski definition) is 6. The molecule has 0 saturated carbocycles. The molecule has 0 atom stereocenters. The minimum atomic E-state index is -0.321. The van der Waals surface area contributed by atoms with Gasteiger partial charge >= 0.3 is 5.97 Å². The molecule has 21 heavy (non-hydrogen) atoms. The van der Waals surface area contributed by atoms with Gasteiger partial charge in [-0.3, -0.25) is 14.9 Å². The van der Waals surface area contributed by atoms with Crippen LogP contribution in [0.4, 0.5) is 5.13 Å². The van der Waals surface area contributed by atoms with Gasteiger partial charge in [0.2, 0.25) is 5.91 Å². The van der Waals surface area contributed by atoms with Crippen molar-refractivity contribution in [3.05, 3.63) is 39.5 Å². The molecule has 0 aliphatic rings. The predicted molar refractivity (Wildman–Crippen MR) is 84.4 cm³/mol. The number of hydrogen-bond donors (Lipinski definition) is 1. The summed E-state index contributed by atoms with van der Waals surface area (Å²) in [6.45, 7) is 2.10. The number of nitrogens with zero attached hydrogens (tertiary/aromatic N) is 1. The lowest BCUT2D eigenvalue weighted by Crippen LogP contribution is -2.09. The Morgan fingerprint density at radius 2 is 2.29 bits per heavy atom. The summed E-state index contributed by atoms with van der Waals surface area (Å²) in [6.07, 6.45) is 3.32. The molecule has 1 N–H and O–H groups in total. The Morgan fingerprint density at radius 1 is 1.43 bits per heavy atom. The molecule has 2 rings (SSSR count). The number of nitrogens with one attached hydrogen (secondary N) is 1. The van der Waals surface area contributed by atoms with Gasteiger partial charge in [0.05, 0.1) is 18.7 Å². The maximum absolute atomic E-state index is 11.7. The highest BCUT2D eigenvalue weighted by Crippen LogP contribution is 2.16. The van der Waals surface area contributed by atoms with Crippen molar-refractivity contribution < 1.29 is 14.3 Å². The average molecular weight is 322 g/mol. The van der Waals surface area contributed by atoms with Crippen LogP contribution < -0.4 is 5.32 Å². The van der Waals surface area contributed by atoms with Gasteiger partial charge in [0.1, 0.15) is 0 Å². The Bertz CT molecular complexity index is 632. The predicted octanol–water partition coefficient (Wildman–Crippen LogP) is 2.96. The Balaban J connectivity index is 1.87. The van der Waals surface area contributed by atoms with Crippen molar-refractivity contribution in [2.24, 2.45) is 0 Å². The fraction of sp³-hybridized carbons (Fsp3) is 0.214. The minimum Gasteiger partial charge on any atom is -0.466 e. The number of esters is 1. The van der Waals surface area contributed by atoms with Crippen molar-refractivity contribution >= 4 is 45.8 Å². The zero-order valence-corrected chi connectivity index (χ0v) is 13.0. The lowest BCUT2D eigenvalue weighted by atomic mass is 10.3. The van der Waals surface area contributed by atoms with E-state index in [1.54, 1.807) is 29.7 Å². The van der Waals surface area contributed by atoms with E-state index in [-0.39, 0.29) is 18.3 Å². The lowest BCUT2D eigenvalue weighted by molar-refractivity contribution is -0.142. The Hall–Kier alpha value is -1.99. The van der Waals surface area contributed by atoms with Gasteiger partial charge in [-0.05, 0) is 24.4 Å². The van der Waals surface area contributed by atoms with Gasteiger partial charge < -0.3 is 4.74 Å². The number of carbonyl (C=O) groups excluding carboxylic acids is 2. The summed E-state index contributed by atoms with van der Waals surface area (Å²) < 4.78 is 4.84. The summed E-state index contributed by atoms with van der Waals surface area (Å²) in [5, 5.41) is 6.81. The number of thiophene rings is 1. The topological polar surface area (TPSA) is 68.3 Å². The van der Waals surface area contributed by atoms with E-state index in [9.17, 15) is 9.59 Å². The maximum atomic E-state index is 11.7. The molecule has 0 bridgehead atoms. The molecule has 2 aromatic rings. The van der Waals surface area contributed by atoms with Crippen molar-refractivity contribution in [2.45, 2.75) is 13.3 Å². The molecule has 5 nitrogen and oxygen atoms in total. The van der Waals surface area contributed by atoms with E-state index in [1.807, 2.05) is 17.5 Å². The monoisotopic (exact) mass is 322 g/mol. The fourth-order valence-electron chi connectivity index (χ4n) is 1.50. The minimum absolute atomic E-state index is 0.116. The molecule has 0 spiro atoms. The number of carbonyl (C=O) groups is 2. The molecule has 0 radical (unpaired) electrons. The molecule has 0 saturated heterocycles. The van der Waals surface area contributed by atoms with Crippen molar-refractivity contribution in [1.82, 2.24) is 4.98 Å². The highest BCUT2D eigenvalue weighted by Gasteiger charge is 2.09. The van der Waals surface area contributed by atoms with Gasteiger partial charge in [0.15, 0.2) is 5.13 Å². The van der Waals surface area contributed by atoms with Crippen LogP contribution in [0.15, 0.2) is 29.0 Å². The van der Waals surface area contributed by atoms with Crippen molar-refractivity contribution in [3.63, 3.8) is 0 Å². The van der Waals surface area contributed by atoms with Gasteiger partial charge in [-0.15, -0.1) is 22.7 Å². The summed E-state index contributed by atoms with van der Waals surface area (Å²) in [5.74, 6) is -0.571. The van der Waals surface area contributed by atoms with Crippen LogP contribution in [0.1, 0.15) is 17.5 Å². The van der Waals surface area contributed by atoms with E-state index in [4.69, 9.17) is 4.74 Å². The van der Waals surface area contributed by atoms with Crippen LogP contribution in [-0.2, 0) is 20.7 Å². The molecule has 1 amide bonds. The second-order valence-electron chi connectivity index (χ2n) is 3.96. The number of thiazole rings is 1. The Morgan fingerprint density at radius 3 is 3.00 bits per heavy atom. The van der Waals surface area contributed by atoms with Crippen LogP contribution in [-0.4, -0.2) is 23.5 Å². The molecule has 2 aromatic heterocycles. The van der Waals surface area contributed by atoms with Crippen LogP contribution in [0.5, 0.6) is 0 Å². The van der Waals surface area contributed by atoms with Crippen molar-refractivity contribution in [3.8, 4) is 0 Å². The number of ether oxygens (including phenoxy) is 1. The van der Waals surface area contributed by atoms with E-state index in [1.165, 1.54) is 17.4 Å².